The molecule has 1 aliphatic rings. The Morgan fingerprint density at radius 1 is 1.05 bits per heavy atom. The van der Waals surface area contributed by atoms with Crippen LogP contribution in [-0.4, -0.2) is 71.1 Å². The number of rotatable bonds is 8. The van der Waals surface area contributed by atoms with Crippen molar-refractivity contribution in [1.82, 2.24) is 25.1 Å². The summed E-state index contributed by atoms with van der Waals surface area (Å²) in [4.78, 5) is 38.6. The van der Waals surface area contributed by atoms with E-state index in [1.807, 2.05) is 44.2 Å². The van der Waals surface area contributed by atoms with Crippen molar-refractivity contribution in [2.75, 3.05) is 38.6 Å². The molecular formula is C27H32Cl2N6O3. The first-order valence-corrected chi connectivity index (χ1v) is 13.3. The molecule has 1 saturated heterocycles. The topological polar surface area (TPSA) is 99.7 Å². The number of amides is 2. The summed E-state index contributed by atoms with van der Waals surface area (Å²) in [7, 11) is 1.38. The van der Waals surface area contributed by atoms with Gasteiger partial charge in [0.1, 0.15) is 17.7 Å². The van der Waals surface area contributed by atoms with E-state index in [0.717, 1.165) is 16.5 Å². The zero-order valence-corrected chi connectivity index (χ0v) is 23.2. The molecule has 11 heteroatoms. The summed E-state index contributed by atoms with van der Waals surface area (Å²) in [6.07, 6.45) is 0. The van der Waals surface area contributed by atoms with Crippen LogP contribution in [0.1, 0.15) is 25.2 Å². The fraction of sp³-hybridized carbons (Fsp3) is 0.407. The van der Waals surface area contributed by atoms with Crippen molar-refractivity contribution >= 4 is 51.9 Å². The number of piperazine rings is 1. The maximum atomic E-state index is 12.7. The maximum Gasteiger partial charge on any atom is 0.328 e. The normalized spacial score (nSPS) is 14.9. The predicted molar refractivity (Wildman–Crippen MR) is 149 cm³/mol. The Morgan fingerprint density at radius 2 is 1.79 bits per heavy atom. The van der Waals surface area contributed by atoms with Crippen molar-refractivity contribution in [2.24, 2.45) is 5.92 Å². The molecule has 1 fully saturated rings. The van der Waals surface area contributed by atoms with Crippen molar-refractivity contribution in [1.29, 1.82) is 0 Å². The van der Waals surface area contributed by atoms with Gasteiger partial charge in [0.2, 0.25) is 0 Å². The molecule has 1 aromatic heterocycles. The first-order chi connectivity index (χ1) is 18.2. The lowest BCUT2D eigenvalue weighted by atomic mass is 10.0. The Bertz CT molecular complexity index is 1300. The largest absolute Gasteiger partial charge is 0.467 e. The third kappa shape index (κ3) is 6.83. The highest BCUT2D eigenvalue weighted by molar-refractivity contribution is 6.35. The number of anilines is 1. The van der Waals surface area contributed by atoms with Crippen LogP contribution in [0, 0.1) is 5.92 Å². The monoisotopic (exact) mass is 558 g/mol. The molecule has 38 heavy (non-hydrogen) atoms. The standard InChI is InChI=1S/C27H32Cl2N6O3/c1-17(2)24(26(36)38-3)33-25-20-6-4-5-7-22(20)31-23(32-25)16-34-10-12-35(13-11-34)27(37)30-15-18-8-9-19(28)14-21(18)29/h4-9,14,17,24H,10-13,15-16H2,1-3H3,(H,30,37)(H,31,32,33)/t24-/m0/s1. The van der Waals surface area contributed by atoms with E-state index in [4.69, 9.17) is 37.9 Å². The molecule has 0 spiro atoms. The fourth-order valence-electron chi connectivity index (χ4n) is 4.33. The summed E-state index contributed by atoms with van der Waals surface area (Å²) >= 11 is 12.2. The van der Waals surface area contributed by atoms with Crippen molar-refractivity contribution in [3.8, 4) is 0 Å². The number of para-hydroxylation sites is 1. The Balaban J connectivity index is 1.39. The number of hydrogen-bond acceptors (Lipinski definition) is 7. The molecule has 4 rings (SSSR count). The Labute approximate surface area is 232 Å². The molecule has 0 unspecified atom stereocenters. The highest BCUT2D eigenvalue weighted by atomic mass is 35.5. The Morgan fingerprint density at radius 3 is 2.47 bits per heavy atom. The number of urea groups is 1. The number of nitrogens with one attached hydrogen (secondary N) is 2. The van der Waals surface area contributed by atoms with E-state index in [9.17, 15) is 9.59 Å². The average molecular weight is 559 g/mol. The molecule has 2 amide bonds. The van der Waals surface area contributed by atoms with E-state index in [1.165, 1.54) is 7.11 Å². The smallest absolute Gasteiger partial charge is 0.328 e. The molecule has 2 N–H and O–H groups in total. The number of esters is 1. The van der Waals surface area contributed by atoms with Crippen LogP contribution >= 0.6 is 23.2 Å². The van der Waals surface area contributed by atoms with Crippen LogP contribution < -0.4 is 10.6 Å². The third-order valence-corrected chi connectivity index (χ3v) is 7.12. The lowest BCUT2D eigenvalue weighted by Crippen LogP contribution is -2.51. The number of methoxy groups -OCH3 is 1. The van der Waals surface area contributed by atoms with Gasteiger partial charge in [-0.3, -0.25) is 4.90 Å². The van der Waals surface area contributed by atoms with Gasteiger partial charge in [-0.2, -0.15) is 0 Å². The van der Waals surface area contributed by atoms with Crippen molar-refractivity contribution in [3.05, 3.63) is 63.9 Å². The van der Waals surface area contributed by atoms with Crippen molar-refractivity contribution in [2.45, 2.75) is 33.0 Å². The van der Waals surface area contributed by atoms with Crippen LogP contribution in [0.15, 0.2) is 42.5 Å². The number of halogens is 2. The molecule has 3 aromatic rings. The molecule has 2 aromatic carbocycles. The number of aromatic nitrogens is 2. The number of carbonyl (C=O) groups excluding carboxylic acids is 2. The molecule has 0 saturated carbocycles. The molecule has 0 aliphatic carbocycles. The van der Waals surface area contributed by atoms with Crippen LogP contribution in [0.2, 0.25) is 10.0 Å². The van der Waals surface area contributed by atoms with Gasteiger partial charge in [0, 0.05) is 48.2 Å². The molecular weight excluding hydrogens is 527 g/mol. The van der Waals surface area contributed by atoms with Crippen molar-refractivity contribution < 1.29 is 14.3 Å². The fourth-order valence-corrected chi connectivity index (χ4v) is 4.81. The number of hydrogen-bond donors (Lipinski definition) is 2. The van der Waals surface area contributed by atoms with E-state index in [1.54, 1.807) is 17.0 Å². The zero-order chi connectivity index (χ0) is 27.2. The molecule has 202 valence electrons. The number of fused-ring (bicyclic) bond motifs is 1. The van der Waals surface area contributed by atoms with Crippen molar-refractivity contribution in [3.63, 3.8) is 0 Å². The van der Waals surface area contributed by atoms with Crippen LogP contribution in [0.3, 0.4) is 0 Å². The highest BCUT2D eigenvalue weighted by Crippen LogP contribution is 2.24. The van der Waals surface area contributed by atoms with Crippen LogP contribution in [-0.2, 0) is 22.6 Å². The number of carbonyl (C=O) groups is 2. The van der Waals surface area contributed by atoms with Gasteiger partial charge in [0.25, 0.3) is 0 Å². The minimum atomic E-state index is -0.532. The van der Waals surface area contributed by atoms with Gasteiger partial charge in [-0.15, -0.1) is 0 Å². The minimum absolute atomic E-state index is 0.00886. The number of benzene rings is 2. The summed E-state index contributed by atoms with van der Waals surface area (Å²) in [5.74, 6) is 0.925. The van der Waals surface area contributed by atoms with E-state index in [2.05, 4.69) is 15.5 Å². The molecule has 2 heterocycles. The second-order valence-corrected chi connectivity index (χ2v) is 10.4. The summed E-state index contributed by atoms with van der Waals surface area (Å²) < 4.78 is 4.99. The Hall–Kier alpha value is -3.14. The minimum Gasteiger partial charge on any atom is -0.467 e. The highest BCUT2D eigenvalue weighted by Gasteiger charge is 2.25. The first-order valence-electron chi connectivity index (χ1n) is 12.5. The van der Waals surface area contributed by atoms with Gasteiger partial charge in [-0.05, 0) is 35.7 Å². The van der Waals surface area contributed by atoms with Crippen LogP contribution in [0.4, 0.5) is 10.6 Å². The SMILES string of the molecule is COC(=O)[C@@H](Nc1nc(CN2CCN(C(=O)NCc3ccc(Cl)cc3Cl)CC2)nc2ccccc12)C(C)C. The van der Waals surface area contributed by atoms with E-state index >= 15 is 0 Å². The quantitative estimate of drug-likeness (QED) is 0.390. The predicted octanol–water partition coefficient (Wildman–Crippen LogP) is 4.57. The third-order valence-electron chi connectivity index (χ3n) is 6.53. The van der Waals surface area contributed by atoms with Crippen LogP contribution in [0.25, 0.3) is 10.9 Å². The number of nitrogens with zero attached hydrogens (tertiary/aromatic N) is 4. The molecule has 1 atom stereocenters. The van der Waals surface area contributed by atoms with Gasteiger partial charge in [0.15, 0.2) is 0 Å². The van der Waals surface area contributed by atoms with Gasteiger partial charge in [-0.25, -0.2) is 19.6 Å². The number of ether oxygens (including phenoxy) is 1. The average Bonchev–Trinajstić information content (AvgIpc) is 2.90. The van der Waals surface area contributed by atoms with E-state index < -0.39 is 6.04 Å². The lowest BCUT2D eigenvalue weighted by Gasteiger charge is -2.34. The maximum absolute atomic E-state index is 12.7. The van der Waals surface area contributed by atoms with Gasteiger partial charge < -0.3 is 20.3 Å². The van der Waals surface area contributed by atoms with Gasteiger partial charge in [-0.1, -0.05) is 55.2 Å². The summed E-state index contributed by atoms with van der Waals surface area (Å²) in [5, 5.41) is 8.14. The van der Waals surface area contributed by atoms with E-state index in [-0.39, 0.29) is 17.9 Å². The molecule has 0 bridgehead atoms. The molecule has 0 radical (unpaired) electrons. The van der Waals surface area contributed by atoms with Crippen LogP contribution in [0.5, 0.6) is 0 Å². The van der Waals surface area contributed by atoms with E-state index in [0.29, 0.717) is 61.0 Å². The van der Waals surface area contributed by atoms with Gasteiger partial charge >= 0.3 is 12.0 Å². The zero-order valence-electron chi connectivity index (χ0n) is 21.7. The lowest BCUT2D eigenvalue weighted by molar-refractivity contribution is -0.142. The second kappa shape index (κ2) is 12.6. The molecule has 1 aliphatic heterocycles. The van der Waals surface area contributed by atoms with Gasteiger partial charge in [0.05, 0.1) is 19.2 Å². The molecule has 9 nitrogen and oxygen atoms in total. The second-order valence-electron chi connectivity index (χ2n) is 9.55. The summed E-state index contributed by atoms with van der Waals surface area (Å²) in [6, 6.07) is 12.3. The first kappa shape index (κ1) is 27.9. The summed E-state index contributed by atoms with van der Waals surface area (Å²) in [5.41, 5.74) is 1.61. The summed E-state index contributed by atoms with van der Waals surface area (Å²) in [6.45, 7) is 7.30. The Kier molecular flexibility index (Phi) is 9.25.